The molecule has 1 aromatic rings. The van der Waals surface area contributed by atoms with Gasteiger partial charge in [-0.1, -0.05) is 12.5 Å². The van der Waals surface area contributed by atoms with E-state index in [0.29, 0.717) is 12.5 Å². The third kappa shape index (κ3) is 3.20. The van der Waals surface area contributed by atoms with Gasteiger partial charge in [0.05, 0.1) is 31.5 Å². The number of aromatic nitrogens is 1. The minimum absolute atomic E-state index is 0.164. The molecule has 2 saturated heterocycles. The topological polar surface area (TPSA) is 51.7 Å². The fraction of sp³-hybridized carbons (Fsp3) is 0.684. The van der Waals surface area contributed by atoms with Crippen molar-refractivity contribution in [3.05, 3.63) is 29.6 Å². The molecule has 130 valence electrons. The summed E-state index contributed by atoms with van der Waals surface area (Å²) in [5.74, 6) is 0.618. The number of ether oxygens (including phenoxy) is 2. The summed E-state index contributed by atoms with van der Waals surface area (Å²) in [6.07, 6.45) is 5.34. The normalized spacial score (nSPS) is 26.0. The number of nitrogens with zero attached hydrogens (tertiary/aromatic N) is 2. The van der Waals surface area contributed by atoms with Gasteiger partial charge in [-0.2, -0.15) is 0 Å². The standard InChI is InChI=1S/C19H26N2O3/c1-14-4-2-7-16(20-14)11-23-17-8-9-24-19(10-17)12-21(13-19)18(22)15-5-3-6-15/h2,4,7,15,17H,3,5-6,8-13H2,1H3/t17-/m0/s1. The van der Waals surface area contributed by atoms with Crippen molar-refractivity contribution >= 4 is 5.91 Å². The second kappa shape index (κ2) is 6.45. The summed E-state index contributed by atoms with van der Waals surface area (Å²) in [5, 5.41) is 0. The molecule has 3 aliphatic rings. The fourth-order valence-electron chi connectivity index (χ4n) is 3.95. The number of aryl methyl sites for hydroxylation is 1. The second-order valence-corrected chi connectivity index (χ2v) is 7.55. The van der Waals surface area contributed by atoms with Gasteiger partial charge < -0.3 is 14.4 Å². The van der Waals surface area contributed by atoms with Crippen molar-refractivity contribution in [3.8, 4) is 0 Å². The summed E-state index contributed by atoms with van der Waals surface area (Å²) >= 11 is 0. The number of amides is 1. The fourth-order valence-corrected chi connectivity index (χ4v) is 3.95. The van der Waals surface area contributed by atoms with E-state index in [4.69, 9.17) is 9.47 Å². The van der Waals surface area contributed by atoms with Crippen molar-refractivity contribution in [2.45, 2.75) is 57.3 Å². The van der Waals surface area contributed by atoms with Gasteiger partial charge in [0, 0.05) is 24.6 Å². The van der Waals surface area contributed by atoms with Gasteiger partial charge in [0.15, 0.2) is 0 Å². The van der Waals surface area contributed by atoms with Crippen LogP contribution >= 0.6 is 0 Å². The van der Waals surface area contributed by atoms with Crippen LogP contribution in [-0.2, 0) is 20.9 Å². The molecule has 0 radical (unpaired) electrons. The SMILES string of the molecule is Cc1cccc(CO[C@H]2CCOC3(C2)CN(C(=O)C2CCC2)C3)n1. The average Bonchev–Trinajstić information content (AvgIpc) is 2.49. The zero-order valence-electron chi connectivity index (χ0n) is 14.4. The molecular weight excluding hydrogens is 304 g/mol. The maximum Gasteiger partial charge on any atom is 0.225 e. The van der Waals surface area contributed by atoms with Crippen LogP contribution in [0.3, 0.4) is 0 Å². The van der Waals surface area contributed by atoms with Gasteiger partial charge in [-0.3, -0.25) is 9.78 Å². The van der Waals surface area contributed by atoms with Gasteiger partial charge >= 0.3 is 0 Å². The molecule has 5 heteroatoms. The van der Waals surface area contributed by atoms with Crippen molar-refractivity contribution in [2.24, 2.45) is 5.92 Å². The van der Waals surface area contributed by atoms with Gasteiger partial charge in [0.2, 0.25) is 5.91 Å². The van der Waals surface area contributed by atoms with E-state index in [1.165, 1.54) is 6.42 Å². The van der Waals surface area contributed by atoms with Crippen molar-refractivity contribution < 1.29 is 14.3 Å². The molecule has 3 fully saturated rings. The number of hydrogen-bond donors (Lipinski definition) is 0. The van der Waals surface area contributed by atoms with E-state index in [-0.39, 0.29) is 17.6 Å². The quantitative estimate of drug-likeness (QED) is 0.851. The highest BCUT2D eigenvalue weighted by Crippen LogP contribution is 2.38. The highest BCUT2D eigenvalue weighted by molar-refractivity contribution is 5.80. The first-order valence-corrected chi connectivity index (χ1v) is 9.10. The van der Waals surface area contributed by atoms with E-state index in [0.717, 1.165) is 56.8 Å². The van der Waals surface area contributed by atoms with E-state index in [1.54, 1.807) is 0 Å². The number of rotatable bonds is 4. The Morgan fingerprint density at radius 2 is 2.21 bits per heavy atom. The molecular formula is C19H26N2O3. The molecule has 1 atom stereocenters. The Bertz CT molecular complexity index is 608. The monoisotopic (exact) mass is 330 g/mol. The highest BCUT2D eigenvalue weighted by atomic mass is 16.5. The predicted molar refractivity (Wildman–Crippen MR) is 89.4 cm³/mol. The molecule has 2 aliphatic heterocycles. The van der Waals surface area contributed by atoms with Gasteiger partial charge in [-0.05, 0) is 38.3 Å². The van der Waals surface area contributed by atoms with Crippen LogP contribution in [0, 0.1) is 12.8 Å². The maximum atomic E-state index is 12.3. The summed E-state index contributed by atoms with van der Waals surface area (Å²) in [5.41, 5.74) is 1.83. The van der Waals surface area contributed by atoms with Crippen LogP contribution in [0.2, 0.25) is 0 Å². The molecule has 0 bridgehead atoms. The molecule has 1 saturated carbocycles. The second-order valence-electron chi connectivity index (χ2n) is 7.55. The van der Waals surface area contributed by atoms with Gasteiger partial charge in [-0.25, -0.2) is 0 Å². The van der Waals surface area contributed by atoms with Crippen LogP contribution in [-0.4, -0.2) is 47.2 Å². The van der Waals surface area contributed by atoms with E-state index in [9.17, 15) is 4.79 Å². The largest absolute Gasteiger partial charge is 0.372 e. The third-order valence-corrected chi connectivity index (χ3v) is 5.58. The first kappa shape index (κ1) is 16.0. The maximum absolute atomic E-state index is 12.3. The Morgan fingerprint density at radius 1 is 1.38 bits per heavy atom. The van der Waals surface area contributed by atoms with Crippen LogP contribution in [0.1, 0.15) is 43.5 Å². The molecule has 1 aromatic heterocycles. The molecule has 1 spiro atoms. The summed E-state index contributed by atoms with van der Waals surface area (Å²) in [4.78, 5) is 18.8. The third-order valence-electron chi connectivity index (χ3n) is 5.58. The Morgan fingerprint density at radius 3 is 2.92 bits per heavy atom. The highest BCUT2D eigenvalue weighted by Gasteiger charge is 2.50. The van der Waals surface area contributed by atoms with Crippen molar-refractivity contribution in [1.82, 2.24) is 9.88 Å². The molecule has 1 amide bonds. The van der Waals surface area contributed by atoms with E-state index < -0.39 is 0 Å². The number of carbonyl (C=O) groups excluding carboxylic acids is 1. The lowest BCUT2D eigenvalue weighted by atomic mass is 9.80. The molecule has 4 rings (SSSR count). The lowest BCUT2D eigenvalue weighted by Gasteiger charge is -2.54. The van der Waals surface area contributed by atoms with Crippen LogP contribution in [0.15, 0.2) is 18.2 Å². The molecule has 1 aliphatic carbocycles. The predicted octanol–water partition coefficient (Wildman–Crippen LogP) is 2.47. The lowest BCUT2D eigenvalue weighted by Crippen LogP contribution is -2.68. The average molecular weight is 330 g/mol. The summed E-state index contributed by atoms with van der Waals surface area (Å²) < 4.78 is 12.1. The number of hydrogen-bond acceptors (Lipinski definition) is 4. The van der Waals surface area contributed by atoms with Gasteiger partial charge in [0.25, 0.3) is 0 Å². The molecule has 3 heterocycles. The van der Waals surface area contributed by atoms with E-state index in [2.05, 4.69) is 4.98 Å². The lowest BCUT2D eigenvalue weighted by molar-refractivity contribution is -0.205. The Balaban J connectivity index is 1.28. The first-order chi connectivity index (χ1) is 11.6. The van der Waals surface area contributed by atoms with Crippen LogP contribution in [0.5, 0.6) is 0 Å². The Hall–Kier alpha value is -1.46. The number of carbonyl (C=O) groups is 1. The van der Waals surface area contributed by atoms with Crippen LogP contribution in [0.4, 0.5) is 0 Å². The number of pyridine rings is 1. The zero-order valence-corrected chi connectivity index (χ0v) is 14.4. The minimum atomic E-state index is -0.164. The molecule has 5 nitrogen and oxygen atoms in total. The Labute approximate surface area is 143 Å². The van der Waals surface area contributed by atoms with Gasteiger partial charge in [0.1, 0.15) is 5.60 Å². The molecule has 0 N–H and O–H groups in total. The summed E-state index contributed by atoms with van der Waals surface area (Å²) in [6.45, 7) is 4.75. The molecule has 0 aromatic carbocycles. The summed E-state index contributed by atoms with van der Waals surface area (Å²) in [7, 11) is 0. The van der Waals surface area contributed by atoms with Crippen molar-refractivity contribution in [2.75, 3.05) is 19.7 Å². The Kier molecular flexibility index (Phi) is 4.31. The van der Waals surface area contributed by atoms with Crippen molar-refractivity contribution in [1.29, 1.82) is 0 Å². The van der Waals surface area contributed by atoms with Gasteiger partial charge in [-0.15, -0.1) is 0 Å². The zero-order chi connectivity index (χ0) is 16.6. The molecule has 24 heavy (non-hydrogen) atoms. The minimum Gasteiger partial charge on any atom is -0.372 e. The smallest absolute Gasteiger partial charge is 0.225 e. The van der Waals surface area contributed by atoms with E-state index in [1.807, 2.05) is 30.0 Å². The number of likely N-dealkylation sites (tertiary alicyclic amines) is 1. The van der Waals surface area contributed by atoms with Crippen molar-refractivity contribution in [3.63, 3.8) is 0 Å². The van der Waals surface area contributed by atoms with Crippen LogP contribution < -0.4 is 0 Å². The molecule has 0 unspecified atom stereocenters. The van der Waals surface area contributed by atoms with Crippen LogP contribution in [0.25, 0.3) is 0 Å². The summed E-state index contributed by atoms with van der Waals surface area (Å²) in [6, 6.07) is 6.02. The first-order valence-electron chi connectivity index (χ1n) is 9.10. The van der Waals surface area contributed by atoms with E-state index >= 15 is 0 Å².